The first-order chi connectivity index (χ1) is 6.61. The highest BCUT2D eigenvalue weighted by atomic mass is 32.1. The van der Waals surface area contributed by atoms with Gasteiger partial charge in [0.2, 0.25) is 0 Å². The highest BCUT2D eigenvalue weighted by molar-refractivity contribution is 7.81. The van der Waals surface area contributed by atoms with E-state index in [9.17, 15) is 0 Å². The van der Waals surface area contributed by atoms with Crippen molar-refractivity contribution in [3.8, 4) is 0 Å². The molecular formula is C10H14O2S2. The SMILES string of the molecule is CC1OC=CC1S.Cc1occc1S. The van der Waals surface area contributed by atoms with Crippen LogP contribution in [0.15, 0.2) is 34.0 Å². The van der Waals surface area contributed by atoms with Gasteiger partial charge in [-0.1, -0.05) is 0 Å². The summed E-state index contributed by atoms with van der Waals surface area (Å²) in [4.78, 5) is 0.917. The van der Waals surface area contributed by atoms with Crippen molar-refractivity contribution >= 4 is 25.3 Å². The minimum Gasteiger partial charge on any atom is -0.497 e. The second-order valence-electron chi connectivity index (χ2n) is 3.02. The molecule has 1 aliphatic heterocycles. The molecule has 0 amide bonds. The van der Waals surface area contributed by atoms with E-state index in [-0.39, 0.29) is 6.10 Å². The van der Waals surface area contributed by atoms with Crippen LogP contribution in [-0.4, -0.2) is 11.4 Å². The van der Waals surface area contributed by atoms with Crippen LogP contribution in [0.2, 0.25) is 0 Å². The van der Waals surface area contributed by atoms with Gasteiger partial charge in [0.25, 0.3) is 0 Å². The maximum atomic E-state index is 5.01. The third-order valence-electron chi connectivity index (χ3n) is 1.88. The Morgan fingerprint density at radius 1 is 1.43 bits per heavy atom. The quantitative estimate of drug-likeness (QED) is 0.669. The largest absolute Gasteiger partial charge is 0.497 e. The van der Waals surface area contributed by atoms with Crippen molar-refractivity contribution < 1.29 is 9.15 Å². The Balaban J connectivity index is 0.000000140. The van der Waals surface area contributed by atoms with Gasteiger partial charge in [0.1, 0.15) is 11.9 Å². The molecule has 0 fully saturated rings. The van der Waals surface area contributed by atoms with E-state index >= 15 is 0 Å². The summed E-state index contributed by atoms with van der Waals surface area (Å²) in [5.74, 6) is 0.878. The molecule has 78 valence electrons. The lowest BCUT2D eigenvalue weighted by atomic mass is 10.3. The normalized spacial score (nSPS) is 24.0. The number of hydrogen-bond acceptors (Lipinski definition) is 4. The zero-order valence-electron chi connectivity index (χ0n) is 8.18. The number of aryl methyl sites for hydroxylation is 1. The minimum absolute atomic E-state index is 0.267. The predicted molar refractivity (Wildman–Crippen MR) is 63.2 cm³/mol. The summed E-state index contributed by atoms with van der Waals surface area (Å²) in [5, 5.41) is 0.306. The fourth-order valence-corrected chi connectivity index (χ4v) is 1.12. The van der Waals surface area contributed by atoms with Gasteiger partial charge in [0, 0.05) is 4.90 Å². The fraction of sp³-hybridized carbons (Fsp3) is 0.400. The van der Waals surface area contributed by atoms with Gasteiger partial charge < -0.3 is 9.15 Å². The van der Waals surface area contributed by atoms with E-state index in [2.05, 4.69) is 25.3 Å². The molecule has 2 nitrogen and oxygen atoms in total. The molecular weight excluding hydrogens is 216 g/mol. The molecule has 4 heteroatoms. The Hall–Kier alpha value is -0.480. The lowest BCUT2D eigenvalue weighted by molar-refractivity contribution is 0.193. The van der Waals surface area contributed by atoms with Crippen molar-refractivity contribution in [2.75, 3.05) is 0 Å². The van der Waals surface area contributed by atoms with Crippen molar-refractivity contribution in [2.45, 2.75) is 30.1 Å². The lowest BCUT2D eigenvalue weighted by Crippen LogP contribution is -2.10. The van der Waals surface area contributed by atoms with Gasteiger partial charge in [-0.3, -0.25) is 0 Å². The Kier molecular flexibility index (Phi) is 4.48. The molecule has 14 heavy (non-hydrogen) atoms. The molecule has 0 saturated heterocycles. The molecule has 0 aromatic carbocycles. The Bertz CT molecular complexity index is 290. The van der Waals surface area contributed by atoms with Crippen LogP contribution in [0.4, 0.5) is 0 Å². The summed E-state index contributed by atoms with van der Waals surface area (Å²) in [6.07, 6.45) is 5.52. The maximum absolute atomic E-state index is 5.01. The highest BCUT2D eigenvalue weighted by Crippen LogP contribution is 2.13. The molecule has 0 bridgehead atoms. The van der Waals surface area contributed by atoms with Crippen molar-refractivity contribution in [3.05, 3.63) is 30.4 Å². The number of thiol groups is 2. The molecule has 0 spiro atoms. The Morgan fingerprint density at radius 2 is 2.14 bits per heavy atom. The molecule has 0 aliphatic carbocycles. The highest BCUT2D eigenvalue weighted by Gasteiger charge is 2.13. The number of ether oxygens (including phenoxy) is 1. The fourth-order valence-electron chi connectivity index (χ4n) is 0.865. The van der Waals surface area contributed by atoms with Crippen molar-refractivity contribution in [1.82, 2.24) is 0 Å². The predicted octanol–water partition coefficient (Wildman–Crippen LogP) is 3.09. The second kappa shape index (κ2) is 5.41. The van der Waals surface area contributed by atoms with Gasteiger partial charge in [0.05, 0.1) is 17.8 Å². The molecule has 0 radical (unpaired) electrons. The van der Waals surface area contributed by atoms with Crippen LogP contribution in [0, 0.1) is 6.92 Å². The second-order valence-corrected chi connectivity index (χ2v) is 4.10. The average Bonchev–Trinajstić information content (AvgIpc) is 2.67. The van der Waals surface area contributed by atoms with E-state index in [4.69, 9.17) is 9.15 Å². The summed E-state index contributed by atoms with van der Waals surface area (Å²) >= 11 is 8.23. The smallest absolute Gasteiger partial charge is 0.113 e. The molecule has 1 aromatic rings. The zero-order chi connectivity index (χ0) is 10.6. The first-order valence-corrected chi connectivity index (χ1v) is 5.31. The summed E-state index contributed by atoms with van der Waals surface area (Å²) in [7, 11) is 0. The van der Waals surface area contributed by atoms with Crippen LogP contribution in [0.1, 0.15) is 12.7 Å². The van der Waals surface area contributed by atoms with Crippen LogP contribution in [0.3, 0.4) is 0 Å². The lowest BCUT2D eigenvalue weighted by Gasteiger charge is -2.05. The van der Waals surface area contributed by atoms with Gasteiger partial charge in [-0.25, -0.2) is 0 Å². The van der Waals surface area contributed by atoms with E-state index < -0.39 is 0 Å². The van der Waals surface area contributed by atoms with Crippen molar-refractivity contribution in [2.24, 2.45) is 0 Å². The van der Waals surface area contributed by atoms with E-state index in [0.29, 0.717) is 5.25 Å². The Morgan fingerprint density at radius 3 is 2.29 bits per heavy atom. The average molecular weight is 230 g/mol. The number of rotatable bonds is 0. The van der Waals surface area contributed by atoms with E-state index in [1.807, 2.05) is 26.0 Å². The van der Waals surface area contributed by atoms with E-state index in [1.54, 1.807) is 12.5 Å². The first kappa shape index (κ1) is 11.6. The first-order valence-electron chi connectivity index (χ1n) is 4.34. The van der Waals surface area contributed by atoms with Crippen LogP contribution < -0.4 is 0 Å². The monoisotopic (exact) mass is 230 g/mol. The molecule has 2 atom stereocenters. The molecule has 0 N–H and O–H groups in total. The number of hydrogen-bond donors (Lipinski definition) is 2. The molecule has 1 aromatic heterocycles. The van der Waals surface area contributed by atoms with Crippen molar-refractivity contribution in [1.29, 1.82) is 0 Å². The summed E-state index contributed by atoms with van der Waals surface area (Å²) in [6.45, 7) is 3.88. The van der Waals surface area contributed by atoms with Crippen LogP contribution in [-0.2, 0) is 4.74 Å². The van der Waals surface area contributed by atoms with Crippen LogP contribution >= 0.6 is 25.3 Å². The standard InChI is InChI=1S/C5H8OS.C5H6OS/c2*1-4-5(7)2-3-6-4/h2-5,7H,1H3;2-3,7H,1H3. The van der Waals surface area contributed by atoms with Gasteiger partial charge >= 0.3 is 0 Å². The van der Waals surface area contributed by atoms with Gasteiger partial charge in [-0.2, -0.15) is 12.6 Å². The van der Waals surface area contributed by atoms with Gasteiger partial charge in [-0.05, 0) is 26.0 Å². The summed E-state index contributed by atoms with van der Waals surface area (Å²) in [6, 6.07) is 1.82. The third-order valence-corrected chi connectivity index (χ3v) is 2.94. The molecule has 2 rings (SSSR count). The topological polar surface area (TPSA) is 22.4 Å². The third kappa shape index (κ3) is 3.35. The zero-order valence-corrected chi connectivity index (χ0v) is 9.96. The number of furan rings is 1. The molecule has 0 saturated carbocycles. The maximum Gasteiger partial charge on any atom is 0.113 e. The van der Waals surface area contributed by atoms with Crippen LogP contribution in [0.25, 0.3) is 0 Å². The van der Waals surface area contributed by atoms with Crippen LogP contribution in [0.5, 0.6) is 0 Å². The summed E-state index contributed by atoms with van der Waals surface area (Å²) < 4.78 is 9.90. The molecule has 1 aliphatic rings. The molecule has 2 heterocycles. The van der Waals surface area contributed by atoms with E-state index in [0.717, 1.165) is 10.7 Å². The van der Waals surface area contributed by atoms with Gasteiger partial charge in [-0.15, -0.1) is 12.6 Å². The van der Waals surface area contributed by atoms with E-state index in [1.165, 1.54) is 0 Å². The Labute approximate surface area is 95.1 Å². The molecule has 2 unspecified atom stereocenters. The summed E-state index contributed by atoms with van der Waals surface area (Å²) in [5.41, 5.74) is 0. The minimum atomic E-state index is 0.267. The van der Waals surface area contributed by atoms with Crippen molar-refractivity contribution in [3.63, 3.8) is 0 Å². The van der Waals surface area contributed by atoms with Gasteiger partial charge in [0.15, 0.2) is 0 Å².